The molecule has 0 bridgehead atoms. The van der Waals surface area contributed by atoms with Gasteiger partial charge in [-0.1, -0.05) is 18.2 Å². The van der Waals surface area contributed by atoms with Crippen molar-refractivity contribution < 1.29 is 22.8 Å². The lowest BCUT2D eigenvalue weighted by atomic mass is 9.75. The zero-order chi connectivity index (χ0) is 26.0. The summed E-state index contributed by atoms with van der Waals surface area (Å²) < 4.78 is 39.6. The minimum absolute atomic E-state index is 0.0153. The number of alkyl halides is 3. The Morgan fingerprint density at radius 3 is 2.42 bits per heavy atom. The van der Waals surface area contributed by atoms with E-state index >= 15 is 0 Å². The van der Waals surface area contributed by atoms with Gasteiger partial charge < -0.3 is 15.5 Å². The van der Waals surface area contributed by atoms with Crippen LogP contribution in [-0.2, 0) is 15.8 Å². The number of nitrogens with zero attached hydrogens (tertiary/aromatic N) is 1. The van der Waals surface area contributed by atoms with Crippen molar-refractivity contribution in [3.8, 4) is 0 Å². The lowest BCUT2D eigenvalue weighted by Gasteiger charge is -2.34. The molecule has 0 unspecified atom stereocenters. The molecule has 2 aromatic carbocycles. The number of allylic oxidation sites excluding steroid dienone is 3. The Balaban J connectivity index is 1.74. The van der Waals surface area contributed by atoms with E-state index in [9.17, 15) is 22.8 Å². The Kier molecular flexibility index (Phi) is 7.24. The lowest BCUT2D eigenvalue weighted by molar-refractivity contribution is -0.137. The van der Waals surface area contributed by atoms with Crippen LogP contribution in [0.25, 0.3) is 0 Å². The second-order valence-electron chi connectivity index (χ2n) is 9.06. The summed E-state index contributed by atoms with van der Waals surface area (Å²) in [7, 11) is 0. The molecule has 2 aromatic rings. The molecule has 5 nitrogen and oxygen atoms in total. The molecule has 0 fully saturated rings. The third-order valence-electron chi connectivity index (χ3n) is 6.82. The second-order valence-corrected chi connectivity index (χ2v) is 9.06. The van der Waals surface area contributed by atoms with Crippen molar-refractivity contribution in [2.75, 3.05) is 23.3 Å². The molecule has 0 spiro atoms. The van der Waals surface area contributed by atoms with Crippen LogP contribution >= 0.6 is 0 Å². The van der Waals surface area contributed by atoms with Crippen LogP contribution in [0.3, 0.4) is 0 Å². The van der Waals surface area contributed by atoms with Crippen LogP contribution in [0, 0.1) is 0 Å². The van der Waals surface area contributed by atoms with Crippen molar-refractivity contribution in [1.29, 1.82) is 0 Å². The first-order valence-electron chi connectivity index (χ1n) is 12.2. The molecule has 1 aliphatic carbocycles. The van der Waals surface area contributed by atoms with Crippen LogP contribution in [0.2, 0.25) is 0 Å². The number of anilines is 2. The van der Waals surface area contributed by atoms with Gasteiger partial charge in [0.1, 0.15) is 0 Å². The van der Waals surface area contributed by atoms with Gasteiger partial charge in [-0.25, -0.2) is 0 Å². The number of amides is 1. The smallest absolute Gasteiger partial charge is 0.372 e. The first kappa shape index (κ1) is 25.5. The van der Waals surface area contributed by atoms with E-state index in [4.69, 9.17) is 0 Å². The van der Waals surface area contributed by atoms with Crippen LogP contribution in [0.1, 0.15) is 57.1 Å². The second kappa shape index (κ2) is 10.2. The summed E-state index contributed by atoms with van der Waals surface area (Å²) in [5.41, 5.74) is 3.34. The third-order valence-corrected chi connectivity index (χ3v) is 6.82. The topological polar surface area (TPSA) is 61.4 Å². The van der Waals surface area contributed by atoms with Gasteiger partial charge in [-0.15, -0.1) is 0 Å². The maximum absolute atomic E-state index is 13.5. The van der Waals surface area contributed by atoms with E-state index in [2.05, 4.69) is 29.4 Å². The number of ketones is 1. The Bertz CT molecular complexity index is 1230. The molecule has 0 radical (unpaired) electrons. The van der Waals surface area contributed by atoms with E-state index in [0.29, 0.717) is 29.7 Å². The standard InChI is InChI=1S/C28H30F3N3O2/c1-4-34(5-2)21-14-12-18(13-15-21)25-24(17(3)32-22-10-7-11-23(35)26(22)25)27(36)33-20-9-6-8-19(16-20)28(29,30)31/h6,8-9,12-16,25,32H,4-5,7,10-11H2,1-3H3,(H,33,36)/t25-/m1/s1. The number of carbonyl (C=O) groups is 2. The predicted octanol–water partition coefficient (Wildman–Crippen LogP) is 6.16. The zero-order valence-corrected chi connectivity index (χ0v) is 20.6. The SMILES string of the molecule is CCN(CC)c1ccc([C@@H]2C(C(=O)Nc3cccc(C(F)(F)F)c3)=C(C)NC3=C2C(=O)CCC3)cc1. The molecule has 2 N–H and O–H groups in total. The molecule has 0 aromatic heterocycles. The van der Waals surface area contributed by atoms with Gasteiger partial charge in [0.2, 0.25) is 0 Å². The van der Waals surface area contributed by atoms with Crippen LogP contribution in [0.5, 0.6) is 0 Å². The lowest BCUT2D eigenvalue weighted by Crippen LogP contribution is -2.35. The van der Waals surface area contributed by atoms with Gasteiger partial charge in [0, 0.05) is 59.3 Å². The average molecular weight is 498 g/mol. The first-order chi connectivity index (χ1) is 17.1. The van der Waals surface area contributed by atoms with E-state index in [1.807, 2.05) is 24.3 Å². The fourth-order valence-corrected chi connectivity index (χ4v) is 5.06. The quantitative estimate of drug-likeness (QED) is 0.502. The van der Waals surface area contributed by atoms with Crippen molar-refractivity contribution >= 4 is 23.1 Å². The molecule has 1 atom stereocenters. The highest BCUT2D eigenvalue weighted by molar-refractivity contribution is 6.09. The molecule has 2 aliphatic rings. The minimum Gasteiger partial charge on any atom is -0.372 e. The maximum Gasteiger partial charge on any atom is 0.416 e. The number of halogens is 3. The van der Waals surface area contributed by atoms with E-state index in [-0.39, 0.29) is 11.5 Å². The number of hydrogen-bond donors (Lipinski definition) is 2. The number of dihydropyridines is 1. The number of hydrogen-bond acceptors (Lipinski definition) is 4. The molecule has 4 rings (SSSR count). The van der Waals surface area contributed by atoms with Crippen LogP contribution < -0.4 is 15.5 Å². The molecular formula is C28H30F3N3O2. The van der Waals surface area contributed by atoms with Gasteiger partial charge in [0.15, 0.2) is 5.78 Å². The maximum atomic E-state index is 13.5. The van der Waals surface area contributed by atoms with Crippen molar-refractivity contribution in [3.05, 3.63) is 82.2 Å². The Morgan fingerprint density at radius 1 is 1.08 bits per heavy atom. The van der Waals surface area contributed by atoms with Gasteiger partial charge in [0.25, 0.3) is 5.91 Å². The highest BCUT2D eigenvalue weighted by Gasteiger charge is 2.38. The van der Waals surface area contributed by atoms with Gasteiger partial charge in [-0.3, -0.25) is 9.59 Å². The summed E-state index contributed by atoms with van der Waals surface area (Å²) in [6.45, 7) is 7.61. The van der Waals surface area contributed by atoms with Gasteiger partial charge >= 0.3 is 6.18 Å². The van der Waals surface area contributed by atoms with Crippen LogP contribution in [0.15, 0.2) is 71.1 Å². The molecule has 1 heterocycles. The summed E-state index contributed by atoms with van der Waals surface area (Å²) in [5, 5.41) is 5.87. The summed E-state index contributed by atoms with van der Waals surface area (Å²) >= 11 is 0. The summed E-state index contributed by atoms with van der Waals surface area (Å²) in [6, 6.07) is 12.4. The monoisotopic (exact) mass is 497 g/mol. The molecule has 1 aliphatic heterocycles. The van der Waals surface area contributed by atoms with E-state index in [1.165, 1.54) is 12.1 Å². The number of benzene rings is 2. The first-order valence-corrected chi connectivity index (χ1v) is 12.2. The largest absolute Gasteiger partial charge is 0.416 e. The normalized spacial score (nSPS) is 18.1. The summed E-state index contributed by atoms with van der Waals surface area (Å²) in [6.07, 6.45) is -2.69. The van der Waals surface area contributed by atoms with Gasteiger partial charge in [0.05, 0.1) is 5.56 Å². The van der Waals surface area contributed by atoms with Crippen molar-refractivity contribution in [2.24, 2.45) is 0 Å². The van der Waals surface area contributed by atoms with Crippen molar-refractivity contribution in [1.82, 2.24) is 5.32 Å². The number of nitrogens with one attached hydrogen (secondary N) is 2. The van der Waals surface area contributed by atoms with E-state index in [0.717, 1.165) is 48.6 Å². The predicted molar refractivity (Wildman–Crippen MR) is 135 cm³/mol. The van der Waals surface area contributed by atoms with Gasteiger partial charge in [-0.05, 0) is 69.5 Å². The highest BCUT2D eigenvalue weighted by atomic mass is 19.4. The zero-order valence-electron chi connectivity index (χ0n) is 20.6. The van der Waals surface area contributed by atoms with Gasteiger partial charge in [-0.2, -0.15) is 13.2 Å². The Labute approximate surface area is 209 Å². The van der Waals surface area contributed by atoms with Crippen LogP contribution in [0.4, 0.5) is 24.5 Å². The highest BCUT2D eigenvalue weighted by Crippen LogP contribution is 2.43. The molecular weight excluding hydrogens is 467 g/mol. The summed E-state index contributed by atoms with van der Waals surface area (Å²) in [5.74, 6) is -1.16. The fourth-order valence-electron chi connectivity index (χ4n) is 5.06. The molecule has 1 amide bonds. The molecule has 190 valence electrons. The van der Waals surface area contributed by atoms with Crippen molar-refractivity contribution in [2.45, 2.75) is 52.1 Å². The number of rotatable bonds is 6. The molecule has 36 heavy (non-hydrogen) atoms. The van der Waals surface area contributed by atoms with Crippen molar-refractivity contribution in [3.63, 3.8) is 0 Å². The van der Waals surface area contributed by atoms with E-state index < -0.39 is 23.6 Å². The Morgan fingerprint density at radius 2 is 1.78 bits per heavy atom. The minimum atomic E-state index is -4.52. The third kappa shape index (κ3) is 5.03. The molecule has 0 saturated heterocycles. The van der Waals surface area contributed by atoms with Crippen LogP contribution in [-0.4, -0.2) is 24.8 Å². The van der Waals surface area contributed by atoms with E-state index in [1.54, 1.807) is 6.92 Å². The average Bonchev–Trinajstić information content (AvgIpc) is 2.84. The molecule has 8 heteroatoms. The number of carbonyl (C=O) groups excluding carboxylic acids is 2. The molecule has 0 saturated carbocycles. The Hall–Kier alpha value is -3.55. The number of Topliss-reactive ketones (excluding diaryl/α,β-unsaturated/α-hetero) is 1. The summed E-state index contributed by atoms with van der Waals surface area (Å²) in [4.78, 5) is 28.8. The fraction of sp³-hybridized carbons (Fsp3) is 0.357.